The van der Waals surface area contributed by atoms with Crippen molar-refractivity contribution in [2.24, 2.45) is 0 Å². The maximum absolute atomic E-state index is 12.4. The summed E-state index contributed by atoms with van der Waals surface area (Å²) in [5.41, 5.74) is 2.42. The van der Waals surface area contributed by atoms with Crippen LogP contribution < -0.4 is 0 Å². The van der Waals surface area contributed by atoms with Crippen LogP contribution in [0.25, 0.3) is 0 Å². The molecule has 1 atom stereocenters. The molecule has 1 saturated heterocycles. The zero-order chi connectivity index (χ0) is 16.9. The molecule has 0 aliphatic carbocycles. The molecule has 1 fully saturated rings. The first-order valence-electron chi connectivity index (χ1n) is 8.18. The molecule has 0 spiro atoms. The predicted octanol–water partition coefficient (Wildman–Crippen LogP) is 3.70. The molecule has 0 saturated carbocycles. The Bertz CT molecular complexity index is 663. The summed E-state index contributed by atoms with van der Waals surface area (Å²) >= 11 is 1.29. The summed E-state index contributed by atoms with van der Waals surface area (Å²) in [5, 5.41) is 0.166. The van der Waals surface area contributed by atoms with Crippen LogP contribution in [0.4, 0.5) is 0 Å². The van der Waals surface area contributed by atoms with Gasteiger partial charge in [0.1, 0.15) is 0 Å². The van der Waals surface area contributed by atoms with E-state index in [9.17, 15) is 9.59 Å². The number of rotatable bonds is 5. The molecule has 0 aromatic heterocycles. The van der Waals surface area contributed by atoms with Crippen molar-refractivity contribution in [3.63, 3.8) is 0 Å². The van der Waals surface area contributed by atoms with E-state index in [0.29, 0.717) is 19.5 Å². The number of carbonyl (C=O) groups excluding carboxylic acids is 2. The lowest BCUT2D eigenvalue weighted by atomic mass is 9.91. The second kappa shape index (κ2) is 7.67. The van der Waals surface area contributed by atoms with E-state index in [2.05, 4.69) is 24.3 Å². The van der Waals surface area contributed by atoms with Crippen LogP contribution in [0.5, 0.6) is 0 Å². The summed E-state index contributed by atoms with van der Waals surface area (Å²) in [6, 6.07) is 20.6. The minimum atomic E-state index is 0.0809. The summed E-state index contributed by atoms with van der Waals surface area (Å²) in [7, 11) is 0. The Morgan fingerprint density at radius 1 is 1.08 bits per heavy atom. The first-order valence-corrected chi connectivity index (χ1v) is 9.06. The number of likely N-dealkylation sites (tertiary alicyclic amines) is 1. The number of benzene rings is 2. The Morgan fingerprint density at radius 3 is 2.12 bits per heavy atom. The van der Waals surface area contributed by atoms with Crippen molar-refractivity contribution in [2.45, 2.75) is 24.5 Å². The van der Waals surface area contributed by atoms with Gasteiger partial charge in [-0.1, -0.05) is 72.4 Å². The van der Waals surface area contributed by atoms with Crippen LogP contribution in [0.1, 0.15) is 30.4 Å². The topological polar surface area (TPSA) is 37.4 Å². The average Bonchev–Trinajstić information content (AvgIpc) is 2.92. The zero-order valence-electron chi connectivity index (χ0n) is 13.7. The molecule has 124 valence electrons. The molecule has 1 heterocycles. The van der Waals surface area contributed by atoms with Gasteiger partial charge in [0.15, 0.2) is 5.12 Å². The molecule has 4 heteroatoms. The Balaban J connectivity index is 1.80. The molecule has 0 radical (unpaired) electrons. The normalized spacial score (nSPS) is 17.5. The van der Waals surface area contributed by atoms with E-state index in [1.807, 2.05) is 41.3 Å². The van der Waals surface area contributed by atoms with Gasteiger partial charge in [-0.2, -0.15) is 0 Å². The molecule has 0 N–H and O–H groups in total. The predicted molar refractivity (Wildman–Crippen MR) is 98.0 cm³/mol. The Hall–Kier alpha value is -2.07. The Morgan fingerprint density at radius 2 is 1.62 bits per heavy atom. The van der Waals surface area contributed by atoms with Crippen LogP contribution in [0, 0.1) is 0 Å². The van der Waals surface area contributed by atoms with Crippen LogP contribution in [0.2, 0.25) is 0 Å². The highest BCUT2D eigenvalue weighted by Crippen LogP contribution is 2.30. The number of nitrogens with zero attached hydrogens (tertiary/aromatic N) is 1. The van der Waals surface area contributed by atoms with Crippen LogP contribution in [0.15, 0.2) is 60.7 Å². The third-order valence-corrected chi connectivity index (χ3v) is 5.30. The van der Waals surface area contributed by atoms with Crippen molar-refractivity contribution in [3.05, 3.63) is 71.8 Å². The molecule has 2 aromatic carbocycles. The molecule has 0 bridgehead atoms. The molecule has 2 aromatic rings. The van der Waals surface area contributed by atoms with Crippen molar-refractivity contribution in [1.29, 1.82) is 0 Å². The van der Waals surface area contributed by atoms with Crippen LogP contribution in [-0.2, 0) is 9.59 Å². The second-order valence-electron chi connectivity index (χ2n) is 6.11. The van der Waals surface area contributed by atoms with Gasteiger partial charge < -0.3 is 4.90 Å². The van der Waals surface area contributed by atoms with Crippen LogP contribution in [0.3, 0.4) is 0 Å². The molecule has 3 nitrogen and oxygen atoms in total. The lowest BCUT2D eigenvalue weighted by molar-refractivity contribution is -0.127. The summed E-state index contributed by atoms with van der Waals surface area (Å²) in [6.07, 6.45) is 0.459. The largest absolute Gasteiger partial charge is 0.341 e. The van der Waals surface area contributed by atoms with Gasteiger partial charge in [-0.05, 0) is 11.1 Å². The maximum atomic E-state index is 12.4. The van der Waals surface area contributed by atoms with E-state index in [-0.39, 0.29) is 22.2 Å². The van der Waals surface area contributed by atoms with Gasteiger partial charge in [0.2, 0.25) is 5.91 Å². The van der Waals surface area contributed by atoms with Crippen LogP contribution >= 0.6 is 11.8 Å². The second-order valence-corrected chi connectivity index (χ2v) is 7.59. The van der Waals surface area contributed by atoms with Gasteiger partial charge in [-0.25, -0.2) is 0 Å². The highest BCUT2D eigenvalue weighted by atomic mass is 32.2. The minimum absolute atomic E-state index is 0.0809. The van der Waals surface area contributed by atoms with E-state index in [4.69, 9.17) is 0 Å². The third kappa shape index (κ3) is 4.06. The number of amides is 1. The van der Waals surface area contributed by atoms with Gasteiger partial charge >= 0.3 is 0 Å². The summed E-state index contributed by atoms with van der Waals surface area (Å²) in [5.74, 6) is 0.294. The van der Waals surface area contributed by atoms with E-state index in [1.54, 1.807) is 6.92 Å². The zero-order valence-corrected chi connectivity index (χ0v) is 14.5. The molecule has 1 amide bonds. The van der Waals surface area contributed by atoms with Gasteiger partial charge in [-0.15, -0.1) is 0 Å². The third-order valence-electron chi connectivity index (χ3n) is 4.32. The molecular formula is C20H21NO2S. The van der Waals surface area contributed by atoms with Gasteiger partial charge in [-0.3, -0.25) is 9.59 Å². The van der Waals surface area contributed by atoms with E-state index < -0.39 is 0 Å². The monoisotopic (exact) mass is 339 g/mol. The lowest BCUT2D eigenvalue weighted by Gasteiger charge is -2.25. The fourth-order valence-corrected chi connectivity index (χ4v) is 4.17. The van der Waals surface area contributed by atoms with Crippen molar-refractivity contribution in [3.8, 4) is 0 Å². The van der Waals surface area contributed by atoms with Crippen LogP contribution in [-0.4, -0.2) is 34.3 Å². The number of carbonyl (C=O) groups is 2. The fraction of sp³-hybridized carbons (Fsp3) is 0.300. The molecule has 1 aliphatic rings. The summed E-state index contributed by atoms with van der Waals surface area (Å²) < 4.78 is 0. The van der Waals surface area contributed by atoms with Crippen molar-refractivity contribution in [2.75, 3.05) is 13.1 Å². The molecule has 1 aliphatic heterocycles. The smallest absolute Gasteiger partial charge is 0.223 e. The average molecular weight is 339 g/mol. The first kappa shape index (κ1) is 16.8. The van der Waals surface area contributed by atoms with E-state index in [1.165, 1.54) is 22.9 Å². The standard InChI is InChI=1S/C20H21NO2S/c1-15(22)24-18-12-20(23)21(13-18)14-19(16-8-4-2-5-9-16)17-10-6-3-7-11-17/h2-11,18-19H,12-14H2,1H3. The number of thioether (sulfide) groups is 1. The number of hydrogen-bond acceptors (Lipinski definition) is 3. The van der Waals surface area contributed by atoms with E-state index >= 15 is 0 Å². The lowest BCUT2D eigenvalue weighted by Crippen LogP contribution is -2.31. The molecule has 1 unspecified atom stereocenters. The SMILES string of the molecule is CC(=O)SC1CC(=O)N(CC(c2ccccc2)c2ccccc2)C1. The van der Waals surface area contributed by atoms with Crippen molar-refractivity contribution in [1.82, 2.24) is 4.90 Å². The Labute approximate surface area is 147 Å². The van der Waals surface area contributed by atoms with E-state index in [0.717, 1.165) is 0 Å². The van der Waals surface area contributed by atoms with Gasteiger partial charge in [0, 0.05) is 37.6 Å². The highest BCUT2D eigenvalue weighted by molar-refractivity contribution is 8.14. The van der Waals surface area contributed by atoms with Crippen molar-refractivity contribution < 1.29 is 9.59 Å². The first-order chi connectivity index (χ1) is 11.6. The quantitative estimate of drug-likeness (QED) is 0.833. The summed E-state index contributed by atoms with van der Waals surface area (Å²) in [4.78, 5) is 25.6. The van der Waals surface area contributed by atoms with Crippen molar-refractivity contribution >= 4 is 22.8 Å². The van der Waals surface area contributed by atoms with Gasteiger partial charge in [0.25, 0.3) is 0 Å². The Kier molecular flexibility index (Phi) is 5.36. The maximum Gasteiger partial charge on any atom is 0.223 e. The molecule has 24 heavy (non-hydrogen) atoms. The summed E-state index contributed by atoms with van der Waals surface area (Å²) in [6.45, 7) is 2.87. The highest BCUT2D eigenvalue weighted by Gasteiger charge is 2.32. The minimum Gasteiger partial charge on any atom is -0.341 e. The number of hydrogen-bond donors (Lipinski definition) is 0. The molecule has 3 rings (SSSR count). The fourth-order valence-electron chi connectivity index (χ4n) is 3.22. The van der Waals surface area contributed by atoms with Gasteiger partial charge in [0.05, 0.1) is 0 Å². The molecular weight excluding hydrogens is 318 g/mol.